The van der Waals surface area contributed by atoms with Crippen molar-refractivity contribution in [2.24, 2.45) is 5.41 Å². The molecule has 0 aromatic carbocycles. The second-order valence-corrected chi connectivity index (χ2v) is 7.02. The predicted molar refractivity (Wildman–Crippen MR) is 79.7 cm³/mol. The van der Waals surface area contributed by atoms with Crippen LogP contribution in [0.5, 0.6) is 0 Å². The molecular weight excluding hydrogens is 256 g/mol. The second kappa shape index (κ2) is 5.92. The van der Waals surface area contributed by atoms with Gasteiger partial charge in [0, 0.05) is 43.1 Å². The maximum absolute atomic E-state index is 5.77. The minimum atomic E-state index is 0.320. The number of thiophene rings is 1. The van der Waals surface area contributed by atoms with Crippen molar-refractivity contribution in [2.75, 3.05) is 39.9 Å². The molecule has 1 atom stereocenters. The highest BCUT2D eigenvalue weighted by Gasteiger charge is 2.35. The summed E-state index contributed by atoms with van der Waals surface area (Å²) in [5.41, 5.74) is 1.87. The lowest BCUT2D eigenvalue weighted by Gasteiger charge is -2.41. The predicted octanol–water partition coefficient (Wildman–Crippen LogP) is 2.12. The van der Waals surface area contributed by atoms with Gasteiger partial charge in [0.2, 0.25) is 0 Å². The molecule has 0 bridgehead atoms. The average molecular weight is 280 g/mol. The van der Waals surface area contributed by atoms with Gasteiger partial charge in [-0.15, -0.1) is 11.3 Å². The van der Waals surface area contributed by atoms with Crippen LogP contribution >= 0.6 is 11.3 Å². The van der Waals surface area contributed by atoms with E-state index in [0.717, 1.165) is 26.3 Å². The van der Waals surface area contributed by atoms with Gasteiger partial charge in [0.25, 0.3) is 0 Å². The zero-order valence-electron chi connectivity index (χ0n) is 11.8. The van der Waals surface area contributed by atoms with Gasteiger partial charge in [-0.25, -0.2) is 0 Å². The molecule has 3 rings (SSSR count). The molecule has 106 valence electrons. The minimum absolute atomic E-state index is 0.320. The van der Waals surface area contributed by atoms with E-state index in [1.165, 1.54) is 32.4 Å². The first kappa shape index (κ1) is 13.6. The van der Waals surface area contributed by atoms with Gasteiger partial charge in [0.05, 0.1) is 6.61 Å². The molecule has 1 saturated heterocycles. The van der Waals surface area contributed by atoms with Gasteiger partial charge in [0.15, 0.2) is 0 Å². The Morgan fingerprint density at radius 1 is 1.53 bits per heavy atom. The van der Waals surface area contributed by atoms with E-state index in [2.05, 4.69) is 28.7 Å². The largest absolute Gasteiger partial charge is 0.381 e. The fourth-order valence-corrected chi connectivity index (χ4v) is 4.41. The molecule has 19 heavy (non-hydrogen) atoms. The molecule has 3 heterocycles. The van der Waals surface area contributed by atoms with Crippen LogP contribution in [0, 0.1) is 5.41 Å². The molecule has 2 aliphatic rings. The van der Waals surface area contributed by atoms with Gasteiger partial charge in [-0.1, -0.05) is 0 Å². The van der Waals surface area contributed by atoms with Crippen LogP contribution in [0.15, 0.2) is 11.4 Å². The van der Waals surface area contributed by atoms with Crippen LogP contribution in [-0.4, -0.2) is 44.8 Å². The zero-order valence-corrected chi connectivity index (χ0v) is 12.6. The van der Waals surface area contributed by atoms with Crippen LogP contribution in [0.4, 0.5) is 0 Å². The van der Waals surface area contributed by atoms with E-state index in [1.807, 2.05) is 11.3 Å². The lowest BCUT2D eigenvalue weighted by atomic mass is 9.81. The maximum atomic E-state index is 5.77. The van der Waals surface area contributed by atoms with Gasteiger partial charge in [0.1, 0.15) is 0 Å². The molecule has 0 spiro atoms. The summed E-state index contributed by atoms with van der Waals surface area (Å²) in [5, 5.41) is 5.61. The number of nitrogens with one attached hydrogen (secondary N) is 1. The standard InChI is InChI=1S/C15H24N2OS/c1-16-10-15(5-2-7-18-12-15)11-17-6-3-14-13(9-17)4-8-19-14/h4,8,16H,2-3,5-7,9-12H2,1H3. The number of rotatable bonds is 4. The average Bonchev–Trinajstić information content (AvgIpc) is 2.87. The third-order valence-corrected chi connectivity index (χ3v) is 5.42. The summed E-state index contributed by atoms with van der Waals surface area (Å²) in [5.74, 6) is 0. The third kappa shape index (κ3) is 3.02. The van der Waals surface area contributed by atoms with Gasteiger partial charge in [-0.2, -0.15) is 0 Å². The van der Waals surface area contributed by atoms with Crippen molar-refractivity contribution < 1.29 is 4.74 Å². The second-order valence-electron chi connectivity index (χ2n) is 6.02. The Morgan fingerprint density at radius 3 is 3.26 bits per heavy atom. The summed E-state index contributed by atoms with van der Waals surface area (Å²) >= 11 is 1.92. The maximum Gasteiger partial charge on any atom is 0.0546 e. The highest BCUT2D eigenvalue weighted by atomic mass is 32.1. The molecule has 2 aliphatic heterocycles. The Morgan fingerprint density at radius 2 is 2.47 bits per heavy atom. The first-order chi connectivity index (χ1) is 9.31. The van der Waals surface area contributed by atoms with Gasteiger partial charge >= 0.3 is 0 Å². The molecule has 1 N–H and O–H groups in total. The quantitative estimate of drug-likeness (QED) is 0.914. The molecular formula is C15H24N2OS. The highest BCUT2D eigenvalue weighted by molar-refractivity contribution is 7.10. The fourth-order valence-electron chi connectivity index (χ4n) is 3.52. The number of nitrogens with zero attached hydrogens (tertiary/aromatic N) is 1. The summed E-state index contributed by atoms with van der Waals surface area (Å²) < 4.78 is 5.77. The van der Waals surface area contributed by atoms with E-state index in [0.29, 0.717) is 5.41 Å². The lowest BCUT2D eigenvalue weighted by molar-refractivity contribution is -0.0273. The van der Waals surface area contributed by atoms with Crippen LogP contribution in [0.3, 0.4) is 0 Å². The number of hydrogen-bond donors (Lipinski definition) is 1. The molecule has 4 heteroatoms. The van der Waals surface area contributed by atoms with Crippen LogP contribution in [-0.2, 0) is 17.7 Å². The lowest BCUT2D eigenvalue weighted by Crippen LogP contribution is -2.49. The Hall–Kier alpha value is -0.420. The van der Waals surface area contributed by atoms with E-state index in [4.69, 9.17) is 4.74 Å². The van der Waals surface area contributed by atoms with Gasteiger partial charge in [-0.05, 0) is 43.3 Å². The Bertz CT molecular complexity index is 407. The van der Waals surface area contributed by atoms with Crippen molar-refractivity contribution in [3.05, 3.63) is 21.9 Å². The Balaban J connectivity index is 1.66. The van der Waals surface area contributed by atoms with Gasteiger partial charge in [-0.3, -0.25) is 4.90 Å². The molecule has 1 fully saturated rings. The molecule has 1 aromatic heterocycles. The highest BCUT2D eigenvalue weighted by Crippen LogP contribution is 2.32. The normalized spacial score (nSPS) is 28.3. The summed E-state index contributed by atoms with van der Waals surface area (Å²) in [6.45, 7) is 6.44. The van der Waals surface area contributed by atoms with E-state index >= 15 is 0 Å². The smallest absolute Gasteiger partial charge is 0.0546 e. The monoisotopic (exact) mass is 280 g/mol. The molecule has 0 amide bonds. The third-order valence-electron chi connectivity index (χ3n) is 4.40. The van der Waals surface area contributed by atoms with Crippen LogP contribution in [0.25, 0.3) is 0 Å². The Labute approximate surface area is 119 Å². The SMILES string of the molecule is CNCC1(CN2CCc3sccc3C2)CCCOC1. The van der Waals surface area contributed by atoms with Crippen molar-refractivity contribution in [1.82, 2.24) is 10.2 Å². The van der Waals surface area contributed by atoms with Crippen LogP contribution in [0.1, 0.15) is 23.3 Å². The number of ether oxygens (including phenoxy) is 1. The van der Waals surface area contributed by atoms with Crippen LogP contribution in [0.2, 0.25) is 0 Å². The summed E-state index contributed by atoms with van der Waals surface area (Å²) in [4.78, 5) is 4.22. The van der Waals surface area contributed by atoms with Crippen LogP contribution < -0.4 is 5.32 Å². The van der Waals surface area contributed by atoms with E-state index < -0.39 is 0 Å². The first-order valence-corrected chi connectivity index (χ1v) is 8.19. The molecule has 0 radical (unpaired) electrons. The zero-order chi connectivity index (χ0) is 13.1. The van der Waals surface area contributed by atoms with E-state index in [1.54, 1.807) is 10.4 Å². The van der Waals surface area contributed by atoms with Crippen molar-refractivity contribution in [2.45, 2.75) is 25.8 Å². The molecule has 1 aromatic rings. The molecule has 0 saturated carbocycles. The van der Waals surface area contributed by atoms with Gasteiger partial charge < -0.3 is 10.1 Å². The topological polar surface area (TPSA) is 24.5 Å². The number of hydrogen-bond acceptors (Lipinski definition) is 4. The molecule has 3 nitrogen and oxygen atoms in total. The van der Waals surface area contributed by atoms with Crippen molar-refractivity contribution in [3.8, 4) is 0 Å². The summed E-state index contributed by atoms with van der Waals surface area (Å²) in [6, 6.07) is 2.30. The van der Waals surface area contributed by atoms with Crippen molar-refractivity contribution in [1.29, 1.82) is 0 Å². The van der Waals surface area contributed by atoms with Crippen molar-refractivity contribution in [3.63, 3.8) is 0 Å². The molecule has 1 unspecified atom stereocenters. The summed E-state index contributed by atoms with van der Waals surface area (Å²) in [7, 11) is 2.06. The van der Waals surface area contributed by atoms with E-state index in [9.17, 15) is 0 Å². The van der Waals surface area contributed by atoms with Crippen molar-refractivity contribution >= 4 is 11.3 Å². The Kier molecular flexibility index (Phi) is 4.22. The fraction of sp³-hybridized carbons (Fsp3) is 0.733. The minimum Gasteiger partial charge on any atom is -0.381 e. The van der Waals surface area contributed by atoms with E-state index in [-0.39, 0.29) is 0 Å². The number of fused-ring (bicyclic) bond motifs is 1. The summed E-state index contributed by atoms with van der Waals surface area (Å²) in [6.07, 6.45) is 3.73. The first-order valence-electron chi connectivity index (χ1n) is 7.31. The molecule has 0 aliphatic carbocycles.